The third-order valence-corrected chi connectivity index (χ3v) is 3.27. The lowest BCUT2D eigenvalue weighted by molar-refractivity contribution is 0.467. The Morgan fingerprint density at radius 1 is 1.43 bits per heavy atom. The minimum Gasteiger partial charge on any atom is -0.508 e. The highest BCUT2D eigenvalue weighted by Crippen LogP contribution is 2.40. The fourth-order valence-corrected chi connectivity index (χ4v) is 2.26. The average Bonchev–Trinajstić information content (AvgIpc) is 2.41. The van der Waals surface area contributed by atoms with Crippen molar-refractivity contribution in [3.05, 3.63) is 28.8 Å². The van der Waals surface area contributed by atoms with Gasteiger partial charge in [0.25, 0.3) is 0 Å². The number of fused-ring (bicyclic) bond motifs is 1. The molecule has 3 N–H and O–H groups in total. The number of hydrogen-bond donors (Lipinski definition) is 2. The highest BCUT2D eigenvalue weighted by atomic mass is 16.3. The molecule has 14 heavy (non-hydrogen) atoms. The largest absolute Gasteiger partial charge is 0.508 e. The van der Waals surface area contributed by atoms with E-state index in [-0.39, 0.29) is 5.41 Å². The second kappa shape index (κ2) is 2.99. The lowest BCUT2D eigenvalue weighted by Crippen LogP contribution is -2.12. The summed E-state index contributed by atoms with van der Waals surface area (Å²) in [7, 11) is 0. The van der Waals surface area contributed by atoms with Crippen LogP contribution in [0, 0.1) is 0 Å². The van der Waals surface area contributed by atoms with Crippen LogP contribution < -0.4 is 5.73 Å². The van der Waals surface area contributed by atoms with Gasteiger partial charge in [0.1, 0.15) is 5.75 Å². The molecule has 2 heteroatoms. The fourth-order valence-electron chi connectivity index (χ4n) is 2.26. The highest BCUT2D eigenvalue weighted by molar-refractivity contribution is 5.47. The predicted molar refractivity (Wildman–Crippen MR) is 57.3 cm³/mol. The summed E-state index contributed by atoms with van der Waals surface area (Å²) in [6, 6.07) is 3.95. The molecule has 1 aromatic carbocycles. The van der Waals surface area contributed by atoms with Crippen LogP contribution in [0.25, 0.3) is 0 Å². The highest BCUT2D eigenvalue weighted by Gasteiger charge is 2.30. The molecular formula is C12H17NO. The molecule has 0 saturated heterocycles. The summed E-state index contributed by atoms with van der Waals surface area (Å²) in [5.74, 6) is 0.351. The van der Waals surface area contributed by atoms with Crippen molar-refractivity contribution >= 4 is 0 Å². The normalized spacial score (nSPS) is 18.2. The van der Waals surface area contributed by atoms with Crippen molar-refractivity contribution in [3.63, 3.8) is 0 Å². The maximum Gasteiger partial charge on any atom is 0.120 e. The molecule has 0 saturated carbocycles. The first kappa shape index (κ1) is 9.53. The molecule has 0 amide bonds. The van der Waals surface area contributed by atoms with Crippen LogP contribution in [0.4, 0.5) is 0 Å². The molecule has 0 spiro atoms. The Hall–Kier alpha value is -1.02. The predicted octanol–water partition coefficient (Wildman–Crippen LogP) is 2.07. The maximum atomic E-state index is 9.66. The van der Waals surface area contributed by atoms with Crippen molar-refractivity contribution in [2.45, 2.75) is 38.6 Å². The van der Waals surface area contributed by atoms with Gasteiger partial charge in [-0.3, -0.25) is 0 Å². The summed E-state index contributed by atoms with van der Waals surface area (Å²) in [5, 5.41) is 9.66. The number of aromatic hydroxyl groups is 1. The van der Waals surface area contributed by atoms with E-state index in [0.29, 0.717) is 12.3 Å². The summed E-state index contributed by atoms with van der Waals surface area (Å²) < 4.78 is 0. The van der Waals surface area contributed by atoms with Crippen LogP contribution in [-0.2, 0) is 18.4 Å². The molecule has 0 unspecified atom stereocenters. The lowest BCUT2D eigenvalue weighted by Gasteiger charge is -2.19. The maximum absolute atomic E-state index is 9.66. The fraction of sp³-hybridized carbons (Fsp3) is 0.500. The van der Waals surface area contributed by atoms with E-state index >= 15 is 0 Å². The summed E-state index contributed by atoms with van der Waals surface area (Å²) in [4.78, 5) is 0. The number of nitrogens with two attached hydrogens (primary N) is 1. The summed E-state index contributed by atoms with van der Waals surface area (Å²) in [5.41, 5.74) is 9.32. The van der Waals surface area contributed by atoms with Gasteiger partial charge in [-0.2, -0.15) is 0 Å². The molecule has 0 heterocycles. The molecule has 0 bridgehead atoms. The Morgan fingerprint density at radius 3 is 2.79 bits per heavy atom. The van der Waals surface area contributed by atoms with Gasteiger partial charge in [-0.15, -0.1) is 0 Å². The minimum absolute atomic E-state index is 0.243. The van der Waals surface area contributed by atoms with Crippen molar-refractivity contribution in [3.8, 4) is 5.75 Å². The van der Waals surface area contributed by atoms with Gasteiger partial charge in [0.2, 0.25) is 0 Å². The van der Waals surface area contributed by atoms with E-state index in [2.05, 4.69) is 19.9 Å². The molecule has 0 atom stereocenters. The van der Waals surface area contributed by atoms with Gasteiger partial charge in [0, 0.05) is 12.1 Å². The molecule has 2 nitrogen and oxygen atoms in total. The van der Waals surface area contributed by atoms with Gasteiger partial charge >= 0.3 is 0 Å². The van der Waals surface area contributed by atoms with E-state index in [9.17, 15) is 5.11 Å². The van der Waals surface area contributed by atoms with E-state index in [1.165, 1.54) is 11.1 Å². The van der Waals surface area contributed by atoms with Crippen molar-refractivity contribution in [2.75, 3.05) is 0 Å². The van der Waals surface area contributed by atoms with Crippen LogP contribution in [0.5, 0.6) is 5.75 Å². The molecule has 0 aliphatic heterocycles. The second-order valence-corrected chi connectivity index (χ2v) is 4.73. The van der Waals surface area contributed by atoms with E-state index < -0.39 is 0 Å². The van der Waals surface area contributed by atoms with E-state index in [1.807, 2.05) is 6.07 Å². The van der Waals surface area contributed by atoms with Crippen LogP contribution in [0.15, 0.2) is 12.1 Å². The van der Waals surface area contributed by atoms with Crippen LogP contribution in [0.3, 0.4) is 0 Å². The zero-order chi connectivity index (χ0) is 10.3. The third kappa shape index (κ3) is 1.30. The van der Waals surface area contributed by atoms with Crippen LogP contribution in [-0.4, -0.2) is 5.11 Å². The van der Waals surface area contributed by atoms with Crippen LogP contribution in [0.2, 0.25) is 0 Å². The quantitative estimate of drug-likeness (QED) is 0.714. The molecule has 2 rings (SSSR count). The third-order valence-electron chi connectivity index (χ3n) is 3.27. The minimum atomic E-state index is 0.243. The zero-order valence-electron chi connectivity index (χ0n) is 8.80. The standard InChI is InChI=1S/C12H17NO/c1-12(2)4-3-8-6-11(14)9(7-13)5-10(8)12/h5-6,14H,3-4,7,13H2,1-2H3. The lowest BCUT2D eigenvalue weighted by atomic mass is 9.86. The number of rotatable bonds is 1. The average molecular weight is 191 g/mol. The summed E-state index contributed by atoms with van der Waals surface area (Å²) in [6.45, 7) is 4.90. The molecule has 1 aliphatic carbocycles. The summed E-state index contributed by atoms with van der Waals surface area (Å²) in [6.07, 6.45) is 2.23. The Balaban J connectivity index is 2.56. The first-order chi connectivity index (χ1) is 6.54. The monoisotopic (exact) mass is 191 g/mol. The Labute approximate surface area is 84.7 Å². The van der Waals surface area contributed by atoms with Crippen LogP contribution in [0.1, 0.15) is 37.0 Å². The Bertz CT molecular complexity index is 369. The number of benzene rings is 1. The number of phenolic OH excluding ortho intramolecular Hbond substituents is 1. The van der Waals surface area contributed by atoms with Gasteiger partial charge in [-0.1, -0.05) is 19.9 Å². The van der Waals surface area contributed by atoms with Crippen molar-refractivity contribution in [1.29, 1.82) is 0 Å². The molecule has 1 aliphatic rings. The molecule has 1 aromatic rings. The number of hydrogen-bond acceptors (Lipinski definition) is 2. The van der Waals surface area contributed by atoms with Crippen molar-refractivity contribution in [1.82, 2.24) is 0 Å². The first-order valence-electron chi connectivity index (χ1n) is 5.10. The Kier molecular flexibility index (Phi) is 2.04. The molecule has 0 radical (unpaired) electrons. The molecular weight excluding hydrogens is 174 g/mol. The second-order valence-electron chi connectivity index (χ2n) is 4.73. The Morgan fingerprint density at radius 2 is 2.14 bits per heavy atom. The van der Waals surface area contributed by atoms with Gasteiger partial charge in [0.05, 0.1) is 0 Å². The molecule has 76 valence electrons. The SMILES string of the molecule is CC1(C)CCc2cc(O)c(CN)cc21. The zero-order valence-corrected chi connectivity index (χ0v) is 8.80. The van der Waals surface area contributed by atoms with Crippen LogP contribution >= 0.6 is 0 Å². The van der Waals surface area contributed by atoms with E-state index in [1.54, 1.807) is 0 Å². The van der Waals surface area contributed by atoms with Gasteiger partial charge < -0.3 is 10.8 Å². The first-order valence-corrected chi connectivity index (χ1v) is 5.10. The van der Waals surface area contributed by atoms with Crippen molar-refractivity contribution in [2.24, 2.45) is 5.73 Å². The number of aryl methyl sites for hydroxylation is 1. The van der Waals surface area contributed by atoms with Gasteiger partial charge in [-0.05, 0) is 35.4 Å². The van der Waals surface area contributed by atoms with Gasteiger partial charge in [0.15, 0.2) is 0 Å². The molecule has 0 fully saturated rings. The molecule has 0 aromatic heterocycles. The smallest absolute Gasteiger partial charge is 0.120 e. The topological polar surface area (TPSA) is 46.2 Å². The summed E-state index contributed by atoms with van der Waals surface area (Å²) >= 11 is 0. The van der Waals surface area contributed by atoms with E-state index in [0.717, 1.165) is 18.4 Å². The van der Waals surface area contributed by atoms with Crippen molar-refractivity contribution < 1.29 is 5.11 Å². The van der Waals surface area contributed by atoms with E-state index in [4.69, 9.17) is 5.73 Å². The van der Waals surface area contributed by atoms with Gasteiger partial charge in [-0.25, -0.2) is 0 Å². The number of phenols is 1.